The number of ether oxygens (including phenoxy) is 2. The third kappa shape index (κ3) is 3.98. The van der Waals surface area contributed by atoms with Crippen LogP contribution >= 0.6 is 11.6 Å². The molecule has 8 heteroatoms. The zero-order valence-corrected chi connectivity index (χ0v) is 17.2. The van der Waals surface area contributed by atoms with E-state index < -0.39 is 10.9 Å². The summed E-state index contributed by atoms with van der Waals surface area (Å²) in [5, 5.41) is 11.9. The molecule has 1 unspecified atom stereocenters. The number of carbonyl (C=O) groups is 1. The van der Waals surface area contributed by atoms with E-state index >= 15 is 0 Å². The number of halogens is 1. The summed E-state index contributed by atoms with van der Waals surface area (Å²) < 4.78 is 11.4. The maximum absolute atomic E-state index is 12.6. The second-order valence-corrected chi connectivity index (χ2v) is 7.74. The molecule has 1 heterocycles. The molecule has 1 aliphatic rings. The van der Waals surface area contributed by atoms with Gasteiger partial charge in [-0.1, -0.05) is 18.5 Å². The zero-order chi connectivity index (χ0) is 21.3. The summed E-state index contributed by atoms with van der Waals surface area (Å²) in [7, 11) is 0. The number of aromatic nitrogens is 1. The summed E-state index contributed by atoms with van der Waals surface area (Å²) in [6, 6.07) is 9.73. The number of nitrogens with one attached hydrogen (secondary N) is 1. The molecule has 0 fully saturated rings. The molecule has 1 aliphatic carbocycles. The van der Waals surface area contributed by atoms with Gasteiger partial charge in [0.1, 0.15) is 11.9 Å². The van der Waals surface area contributed by atoms with E-state index in [1.165, 1.54) is 12.1 Å². The van der Waals surface area contributed by atoms with Gasteiger partial charge in [-0.25, -0.2) is 4.79 Å². The van der Waals surface area contributed by atoms with Crippen LogP contribution in [0.25, 0.3) is 10.9 Å². The Balaban J connectivity index is 1.52. The van der Waals surface area contributed by atoms with Gasteiger partial charge in [0.05, 0.1) is 22.1 Å². The van der Waals surface area contributed by atoms with Crippen molar-refractivity contribution in [3.05, 3.63) is 68.4 Å². The van der Waals surface area contributed by atoms with E-state index in [0.717, 1.165) is 46.8 Å². The molecule has 0 radical (unpaired) electrons. The number of hydrogen-bond donors (Lipinski definition) is 1. The predicted octanol–water partition coefficient (Wildman–Crippen LogP) is 5.23. The maximum Gasteiger partial charge on any atom is 0.339 e. The van der Waals surface area contributed by atoms with E-state index in [1.807, 2.05) is 18.2 Å². The molecule has 1 atom stereocenters. The van der Waals surface area contributed by atoms with Crippen molar-refractivity contribution in [1.82, 2.24) is 4.98 Å². The minimum atomic E-state index is -0.574. The number of non-ortho nitro benzene ring substituents is 1. The summed E-state index contributed by atoms with van der Waals surface area (Å²) in [5.74, 6) is 0.248. The van der Waals surface area contributed by atoms with Gasteiger partial charge in [0.15, 0.2) is 0 Å². The molecule has 0 saturated carbocycles. The number of rotatable bonds is 6. The normalized spacial score (nSPS) is 15.6. The first-order valence-corrected chi connectivity index (χ1v) is 10.2. The Bertz CT molecular complexity index is 1120. The Morgan fingerprint density at radius 3 is 2.87 bits per heavy atom. The van der Waals surface area contributed by atoms with Crippen molar-refractivity contribution in [2.75, 3.05) is 6.61 Å². The Morgan fingerprint density at radius 2 is 2.13 bits per heavy atom. The molecule has 0 saturated heterocycles. The molecule has 3 aromatic rings. The van der Waals surface area contributed by atoms with Crippen molar-refractivity contribution in [1.29, 1.82) is 0 Å². The summed E-state index contributed by atoms with van der Waals surface area (Å²) >= 11 is 6.06. The fourth-order valence-electron chi connectivity index (χ4n) is 3.77. The van der Waals surface area contributed by atoms with Gasteiger partial charge in [-0.3, -0.25) is 10.1 Å². The highest BCUT2D eigenvalue weighted by Gasteiger charge is 2.27. The van der Waals surface area contributed by atoms with E-state index in [1.54, 1.807) is 0 Å². The lowest BCUT2D eigenvalue weighted by Crippen LogP contribution is -2.25. The number of carbonyl (C=O) groups excluding carboxylic acids is 1. The summed E-state index contributed by atoms with van der Waals surface area (Å²) in [4.78, 5) is 26.3. The van der Waals surface area contributed by atoms with E-state index in [4.69, 9.17) is 21.1 Å². The number of H-pyrrole nitrogens is 1. The molecule has 1 aromatic heterocycles. The predicted molar refractivity (Wildman–Crippen MR) is 113 cm³/mol. The van der Waals surface area contributed by atoms with Crippen LogP contribution in [0.4, 0.5) is 5.69 Å². The monoisotopic (exact) mass is 428 g/mol. The quantitative estimate of drug-likeness (QED) is 0.329. The molecule has 2 aromatic carbocycles. The third-order valence-corrected chi connectivity index (χ3v) is 5.56. The smallest absolute Gasteiger partial charge is 0.339 e. The van der Waals surface area contributed by atoms with Gasteiger partial charge < -0.3 is 14.5 Å². The molecule has 0 aliphatic heterocycles. The van der Waals surface area contributed by atoms with E-state index in [-0.39, 0.29) is 22.4 Å². The summed E-state index contributed by atoms with van der Waals surface area (Å²) in [6.07, 6.45) is 2.68. The van der Waals surface area contributed by atoms with Crippen LogP contribution in [0, 0.1) is 10.1 Å². The Kier molecular flexibility index (Phi) is 5.63. The van der Waals surface area contributed by atoms with E-state index in [2.05, 4.69) is 11.9 Å². The van der Waals surface area contributed by atoms with Gasteiger partial charge in [-0.05, 0) is 49.1 Å². The van der Waals surface area contributed by atoms with Gasteiger partial charge in [-0.15, -0.1) is 0 Å². The molecule has 0 bridgehead atoms. The van der Waals surface area contributed by atoms with Crippen LogP contribution in [0.5, 0.6) is 5.75 Å². The van der Waals surface area contributed by atoms with E-state index in [0.29, 0.717) is 19.4 Å². The first kappa shape index (κ1) is 20.2. The number of nitro groups is 1. The van der Waals surface area contributed by atoms with Crippen molar-refractivity contribution < 1.29 is 19.2 Å². The average Bonchev–Trinajstić information content (AvgIpc) is 3.09. The number of nitrogens with zero attached hydrogens (tertiary/aromatic N) is 1. The molecule has 156 valence electrons. The Morgan fingerprint density at radius 1 is 1.30 bits per heavy atom. The van der Waals surface area contributed by atoms with Crippen molar-refractivity contribution in [2.24, 2.45) is 0 Å². The van der Waals surface area contributed by atoms with Crippen LogP contribution in [0.3, 0.4) is 0 Å². The fraction of sp³-hybridized carbons (Fsp3) is 0.318. The van der Waals surface area contributed by atoms with E-state index in [9.17, 15) is 14.9 Å². The molecule has 1 N–H and O–H groups in total. The highest BCUT2D eigenvalue weighted by atomic mass is 35.5. The molecular weight excluding hydrogens is 408 g/mol. The summed E-state index contributed by atoms with van der Waals surface area (Å²) in [6.45, 7) is 2.72. The SMILES string of the molecule is CCCOc1ccc2[nH]c3c(c2c1)CC(OC(=O)c1ccc([N+](=O)[O-])cc1Cl)CC3. The first-order chi connectivity index (χ1) is 14.5. The Hall–Kier alpha value is -3.06. The lowest BCUT2D eigenvalue weighted by molar-refractivity contribution is -0.384. The summed E-state index contributed by atoms with van der Waals surface area (Å²) in [5.41, 5.74) is 3.28. The van der Waals surface area contributed by atoms with Crippen LogP contribution in [-0.2, 0) is 17.6 Å². The minimum absolute atomic E-state index is 0.00973. The fourth-order valence-corrected chi connectivity index (χ4v) is 4.02. The van der Waals surface area contributed by atoms with Gasteiger partial charge in [-0.2, -0.15) is 0 Å². The Labute approximate surface area is 178 Å². The number of hydrogen-bond acceptors (Lipinski definition) is 5. The van der Waals surface area contributed by atoms with Gasteiger partial charge in [0.25, 0.3) is 5.69 Å². The zero-order valence-electron chi connectivity index (χ0n) is 16.4. The van der Waals surface area contributed by atoms with Crippen molar-refractivity contribution >= 4 is 34.2 Å². The van der Waals surface area contributed by atoms with Crippen molar-refractivity contribution in [2.45, 2.75) is 38.7 Å². The van der Waals surface area contributed by atoms with Gasteiger partial charge in [0.2, 0.25) is 0 Å². The first-order valence-electron chi connectivity index (χ1n) is 9.87. The van der Waals surface area contributed by atoms with Crippen molar-refractivity contribution in [3.63, 3.8) is 0 Å². The maximum atomic E-state index is 12.6. The number of esters is 1. The van der Waals surface area contributed by atoms with Crippen molar-refractivity contribution in [3.8, 4) is 5.75 Å². The largest absolute Gasteiger partial charge is 0.494 e. The van der Waals surface area contributed by atoms with Crippen LogP contribution in [0.15, 0.2) is 36.4 Å². The molecule has 4 rings (SSSR count). The second-order valence-electron chi connectivity index (χ2n) is 7.33. The highest BCUT2D eigenvalue weighted by molar-refractivity contribution is 6.33. The highest BCUT2D eigenvalue weighted by Crippen LogP contribution is 2.33. The van der Waals surface area contributed by atoms with Crippen LogP contribution in [-0.4, -0.2) is 28.6 Å². The molecule has 7 nitrogen and oxygen atoms in total. The number of benzene rings is 2. The van der Waals surface area contributed by atoms with Gasteiger partial charge >= 0.3 is 5.97 Å². The number of fused-ring (bicyclic) bond motifs is 3. The molecule has 30 heavy (non-hydrogen) atoms. The number of aromatic amines is 1. The third-order valence-electron chi connectivity index (χ3n) is 5.24. The van der Waals surface area contributed by atoms with Gasteiger partial charge in [0, 0.05) is 35.2 Å². The number of nitro benzene ring substituents is 1. The number of aryl methyl sites for hydroxylation is 1. The second kappa shape index (κ2) is 8.36. The molecule has 0 spiro atoms. The van der Waals surface area contributed by atoms with Crippen LogP contribution < -0.4 is 4.74 Å². The molecule has 0 amide bonds. The molecular formula is C22H21ClN2O5. The topological polar surface area (TPSA) is 94.5 Å². The minimum Gasteiger partial charge on any atom is -0.494 e. The lowest BCUT2D eigenvalue weighted by atomic mass is 9.93. The lowest BCUT2D eigenvalue weighted by Gasteiger charge is -2.23. The average molecular weight is 429 g/mol. The standard InChI is InChI=1S/C22H21ClN2O5/c1-2-9-29-14-4-7-20-17(11-14)18-12-15(5-8-21(18)24-20)30-22(26)16-6-3-13(25(27)28)10-19(16)23/h3-4,6-7,10-11,15,24H,2,5,8-9,12H2,1H3. The van der Waals surface area contributed by atoms with Crippen LogP contribution in [0.1, 0.15) is 41.4 Å². The van der Waals surface area contributed by atoms with Crippen LogP contribution in [0.2, 0.25) is 5.02 Å².